The molecule has 3 aromatic carbocycles. The number of benzene rings is 3. The van der Waals surface area contributed by atoms with Crippen molar-refractivity contribution in [3.63, 3.8) is 0 Å². The van der Waals surface area contributed by atoms with Crippen LogP contribution in [-0.4, -0.2) is 9.38 Å². The normalized spacial score (nSPS) is 12.0. The Morgan fingerprint density at radius 3 is 2.28 bits per heavy atom. The molecule has 3 heterocycles. The molecule has 0 saturated carbocycles. The molecule has 6 aromatic rings. The molecule has 3 aromatic heterocycles. The molecule has 0 bridgehead atoms. The van der Waals surface area contributed by atoms with Crippen molar-refractivity contribution in [2.45, 2.75) is 0 Å². The van der Waals surface area contributed by atoms with E-state index in [1.807, 2.05) is 18.3 Å². The molecule has 0 fully saturated rings. The van der Waals surface area contributed by atoms with Crippen LogP contribution in [0, 0.1) is 0 Å². The van der Waals surface area contributed by atoms with Crippen molar-refractivity contribution < 1.29 is 0 Å². The molecule has 0 spiro atoms. The molecule has 0 atom stereocenters. The first-order chi connectivity index (χ1) is 12.4. The minimum atomic E-state index is 1.01. The van der Waals surface area contributed by atoms with Crippen LogP contribution in [0.25, 0.3) is 49.4 Å². The fourth-order valence-electron chi connectivity index (χ4n) is 4.13. The van der Waals surface area contributed by atoms with Crippen LogP contribution in [0.15, 0.2) is 85.1 Å². The Bertz CT molecular complexity index is 1380. The van der Waals surface area contributed by atoms with Crippen molar-refractivity contribution in [2.24, 2.45) is 0 Å². The third kappa shape index (κ3) is 1.61. The molecule has 0 N–H and O–H groups in total. The van der Waals surface area contributed by atoms with Gasteiger partial charge in [-0.05, 0) is 41.1 Å². The molecule has 0 aliphatic carbocycles. The lowest BCUT2D eigenvalue weighted by Crippen LogP contribution is -1.87. The molecule has 0 aliphatic rings. The van der Waals surface area contributed by atoms with Crippen LogP contribution in [-0.2, 0) is 0 Å². The predicted octanol–water partition coefficient (Wildman–Crippen LogP) is 5.90. The van der Waals surface area contributed by atoms with Crippen LogP contribution >= 0.6 is 0 Å². The first-order valence-electron chi connectivity index (χ1n) is 8.50. The first-order valence-corrected chi connectivity index (χ1v) is 8.50. The summed E-state index contributed by atoms with van der Waals surface area (Å²) < 4.78 is 2.37. The number of nitrogens with zero attached hydrogens (tertiary/aromatic N) is 2. The number of fused-ring (bicyclic) bond motifs is 5. The van der Waals surface area contributed by atoms with Gasteiger partial charge >= 0.3 is 0 Å². The summed E-state index contributed by atoms with van der Waals surface area (Å²) in [6.45, 7) is 0. The lowest BCUT2D eigenvalue weighted by atomic mass is 10.0. The Balaban J connectivity index is 1.95. The number of hydrogen-bond donors (Lipinski definition) is 0. The maximum atomic E-state index is 4.61. The van der Waals surface area contributed by atoms with E-state index in [1.165, 1.54) is 38.0 Å². The Kier molecular flexibility index (Phi) is 2.37. The average Bonchev–Trinajstić information content (AvgIpc) is 3.23. The van der Waals surface area contributed by atoms with E-state index in [4.69, 9.17) is 0 Å². The van der Waals surface area contributed by atoms with Crippen LogP contribution < -0.4 is 0 Å². The molecule has 2 nitrogen and oxygen atoms in total. The zero-order valence-electron chi connectivity index (χ0n) is 13.5. The zero-order valence-corrected chi connectivity index (χ0v) is 13.5. The van der Waals surface area contributed by atoms with Crippen molar-refractivity contribution in [1.29, 1.82) is 0 Å². The largest absolute Gasteiger partial charge is 0.306 e. The summed E-state index contributed by atoms with van der Waals surface area (Å²) in [5.41, 5.74) is 4.69. The van der Waals surface area contributed by atoms with Crippen molar-refractivity contribution in [1.82, 2.24) is 9.38 Å². The van der Waals surface area contributed by atoms with Crippen LogP contribution in [0.1, 0.15) is 0 Å². The fourth-order valence-corrected chi connectivity index (χ4v) is 4.13. The molecule has 6 rings (SSSR count). The fraction of sp³-hybridized carbons (Fsp3) is 0. The highest BCUT2D eigenvalue weighted by Crippen LogP contribution is 2.41. The summed E-state index contributed by atoms with van der Waals surface area (Å²) in [6.07, 6.45) is 1.86. The maximum Gasteiger partial charge on any atom is 0.0870 e. The van der Waals surface area contributed by atoms with Gasteiger partial charge in [0, 0.05) is 22.4 Å². The quantitative estimate of drug-likeness (QED) is 0.369. The zero-order chi connectivity index (χ0) is 16.4. The second-order valence-electron chi connectivity index (χ2n) is 6.50. The van der Waals surface area contributed by atoms with Gasteiger partial charge in [0.2, 0.25) is 0 Å². The molecule has 0 saturated heterocycles. The molecule has 25 heavy (non-hydrogen) atoms. The highest BCUT2D eigenvalue weighted by Gasteiger charge is 2.19. The Morgan fingerprint density at radius 2 is 1.40 bits per heavy atom. The van der Waals surface area contributed by atoms with E-state index in [-0.39, 0.29) is 0 Å². The number of rotatable bonds is 1. The van der Waals surface area contributed by atoms with Crippen molar-refractivity contribution >= 4 is 38.0 Å². The SMILES string of the molecule is c1ccc(-c2cc3c4ccccc4cc4c5ccccc5n2c34)nc1. The highest BCUT2D eigenvalue weighted by molar-refractivity contribution is 6.24. The van der Waals surface area contributed by atoms with Gasteiger partial charge in [0.1, 0.15) is 0 Å². The Labute approximate surface area is 144 Å². The number of aromatic nitrogens is 2. The van der Waals surface area contributed by atoms with Gasteiger partial charge < -0.3 is 4.40 Å². The van der Waals surface area contributed by atoms with Gasteiger partial charge in [-0.25, -0.2) is 0 Å². The molecule has 2 heteroatoms. The average molecular weight is 318 g/mol. The Hall–Kier alpha value is -3.39. The van der Waals surface area contributed by atoms with E-state index in [0.717, 1.165) is 11.4 Å². The second kappa shape index (κ2) is 4.58. The highest BCUT2D eigenvalue weighted by atomic mass is 14.9. The van der Waals surface area contributed by atoms with Gasteiger partial charge in [-0.1, -0.05) is 48.5 Å². The minimum absolute atomic E-state index is 1.01. The van der Waals surface area contributed by atoms with E-state index in [0.29, 0.717) is 0 Å². The van der Waals surface area contributed by atoms with Gasteiger partial charge in [0.25, 0.3) is 0 Å². The summed E-state index contributed by atoms with van der Waals surface area (Å²) in [5.74, 6) is 0. The molecule has 0 unspecified atom stereocenters. The number of hydrogen-bond acceptors (Lipinski definition) is 1. The monoisotopic (exact) mass is 318 g/mol. The van der Waals surface area contributed by atoms with Gasteiger partial charge in [-0.2, -0.15) is 0 Å². The first kappa shape index (κ1) is 13.0. The molecular weight excluding hydrogens is 304 g/mol. The lowest BCUT2D eigenvalue weighted by Gasteiger charge is -2.01. The topological polar surface area (TPSA) is 17.3 Å². The van der Waals surface area contributed by atoms with E-state index >= 15 is 0 Å². The van der Waals surface area contributed by atoms with Gasteiger partial charge in [-0.3, -0.25) is 4.98 Å². The summed E-state index contributed by atoms with van der Waals surface area (Å²) in [5, 5.41) is 6.49. The van der Waals surface area contributed by atoms with E-state index in [2.05, 4.69) is 76.1 Å². The lowest BCUT2D eigenvalue weighted by molar-refractivity contribution is 1.24. The van der Waals surface area contributed by atoms with E-state index < -0.39 is 0 Å². The van der Waals surface area contributed by atoms with Crippen molar-refractivity contribution in [3.05, 3.63) is 85.1 Å². The summed E-state index contributed by atoms with van der Waals surface area (Å²) >= 11 is 0. The van der Waals surface area contributed by atoms with E-state index in [9.17, 15) is 0 Å². The van der Waals surface area contributed by atoms with Crippen LogP contribution in [0.2, 0.25) is 0 Å². The molecule has 0 aliphatic heterocycles. The summed E-state index contributed by atoms with van der Waals surface area (Å²) in [6, 6.07) is 28.0. The maximum absolute atomic E-state index is 4.61. The van der Waals surface area contributed by atoms with Gasteiger partial charge in [-0.15, -0.1) is 0 Å². The smallest absolute Gasteiger partial charge is 0.0870 e. The standard InChI is InChI=1S/C23H14N2/c1-2-8-16-15(7-1)13-18-17-9-3-4-11-21(17)25-22(14-19(16)23(18)25)20-10-5-6-12-24-20/h1-14H. The third-order valence-corrected chi connectivity index (χ3v) is 5.17. The van der Waals surface area contributed by atoms with Crippen LogP contribution in [0.3, 0.4) is 0 Å². The van der Waals surface area contributed by atoms with Crippen molar-refractivity contribution in [3.8, 4) is 11.4 Å². The molecule has 116 valence electrons. The van der Waals surface area contributed by atoms with E-state index in [1.54, 1.807) is 0 Å². The third-order valence-electron chi connectivity index (χ3n) is 5.17. The minimum Gasteiger partial charge on any atom is -0.306 e. The molecule has 0 amide bonds. The second-order valence-corrected chi connectivity index (χ2v) is 6.50. The van der Waals surface area contributed by atoms with Gasteiger partial charge in [0.05, 0.1) is 22.4 Å². The van der Waals surface area contributed by atoms with Crippen LogP contribution in [0.4, 0.5) is 0 Å². The number of para-hydroxylation sites is 1. The van der Waals surface area contributed by atoms with Crippen LogP contribution in [0.5, 0.6) is 0 Å². The summed E-state index contributed by atoms with van der Waals surface area (Å²) in [4.78, 5) is 4.61. The van der Waals surface area contributed by atoms with Gasteiger partial charge in [0.15, 0.2) is 0 Å². The molecular formula is C23H14N2. The summed E-state index contributed by atoms with van der Waals surface area (Å²) in [7, 11) is 0. The Morgan fingerprint density at radius 1 is 0.640 bits per heavy atom. The molecule has 0 radical (unpaired) electrons. The predicted molar refractivity (Wildman–Crippen MR) is 104 cm³/mol. The number of pyridine rings is 1. The van der Waals surface area contributed by atoms with Crippen molar-refractivity contribution in [2.75, 3.05) is 0 Å².